The van der Waals surface area contributed by atoms with Crippen molar-refractivity contribution >= 4 is 35.0 Å². The molecule has 0 N–H and O–H groups in total. The van der Waals surface area contributed by atoms with Gasteiger partial charge in [-0.25, -0.2) is 0 Å². The van der Waals surface area contributed by atoms with Crippen LogP contribution in [0.2, 0.25) is 0 Å². The van der Waals surface area contributed by atoms with Gasteiger partial charge in [-0.3, -0.25) is 29.0 Å². The molecule has 2 fully saturated rings. The summed E-state index contributed by atoms with van der Waals surface area (Å²) < 4.78 is 0. The minimum atomic E-state index is -0.255. The van der Waals surface area contributed by atoms with E-state index in [1.807, 2.05) is 48.5 Å². The number of benzene rings is 2. The van der Waals surface area contributed by atoms with Gasteiger partial charge in [0, 0.05) is 24.7 Å². The molecule has 6 nitrogen and oxygen atoms in total. The molecule has 2 unspecified atom stereocenters. The zero-order chi connectivity index (χ0) is 21.4. The highest BCUT2D eigenvalue weighted by Gasteiger charge is 2.37. The van der Waals surface area contributed by atoms with Crippen LogP contribution in [0.25, 0.3) is 0 Å². The molecule has 30 heavy (non-hydrogen) atoms. The lowest BCUT2D eigenvalue weighted by atomic mass is 10.0. The monoisotopic (exact) mass is 404 g/mol. The second-order valence-electron chi connectivity index (χ2n) is 8.18. The molecule has 4 rings (SSSR count). The molecule has 0 bridgehead atoms. The number of anilines is 2. The van der Waals surface area contributed by atoms with Gasteiger partial charge in [0.05, 0.1) is 11.4 Å². The van der Waals surface area contributed by atoms with Crippen LogP contribution in [0.5, 0.6) is 0 Å². The molecule has 2 aliphatic heterocycles. The third-order valence-electron chi connectivity index (χ3n) is 5.84. The zero-order valence-corrected chi connectivity index (χ0v) is 17.1. The molecule has 2 heterocycles. The Morgan fingerprint density at radius 3 is 1.23 bits per heavy atom. The number of carbonyl (C=O) groups is 4. The number of carbonyl (C=O) groups excluding carboxylic acids is 4. The van der Waals surface area contributed by atoms with Crippen LogP contribution in [0.4, 0.5) is 11.4 Å². The number of nitrogens with zero attached hydrogens (tertiary/aromatic N) is 2. The van der Waals surface area contributed by atoms with Gasteiger partial charge in [0.2, 0.25) is 23.6 Å². The molecule has 0 spiro atoms. The Hall–Kier alpha value is -3.28. The highest BCUT2D eigenvalue weighted by atomic mass is 16.2. The van der Waals surface area contributed by atoms with Crippen molar-refractivity contribution in [1.29, 1.82) is 0 Å². The molecule has 0 radical (unpaired) electrons. The van der Waals surface area contributed by atoms with E-state index < -0.39 is 0 Å². The van der Waals surface area contributed by atoms with E-state index in [1.54, 1.807) is 13.8 Å². The normalized spacial score (nSPS) is 21.8. The fourth-order valence-corrected chi connectivity index (χ4v) is 4.02. The van der Waals surface area contributed by atoms with Crippen LogP contribution < -0.4 is 9.80 Å². The third kappa shape index (κ3) is 3.65. The number of hydrogen-bond donors (Lipinski definition) is 0. The molecule has 2 aromatic rings. The van der Waals surface area contributed by atoms with Crippen molar-refractivity contribution in [3.05, 3.63) is 59.7 Å². The zero-order valence-electron chi connectivity index (χ0n) is 17.1. The first-order valence-electron chi connectivity index (χ1n) is 10.3. The van der Waals surface area contributed by atoms with Crippen molar-refractivity contribution in [3.8, 4) is 0 Å². The molecular formula is C24H24N2O4. The van der Waals surface area contributed by atoms with E-state index in [4.69, 9.17) is 0 Å². The van der Waals surface area contributed by atoms with E-state index in [2.05, 4.69) is 0 Å². The van der Waals surface area contributed by atoms with E-state index in [-0.39, 0.29) is 48.3 Å². The molecule has 4 amide bonds. The van der Waals surface area contributed by atoms with Crippen LogP contribution in [-0.4, -0.2) is 23.6 Å². The number of hydrogen-bond acceptors (Lipinski definition) is 4. The fourth-order valence-electron chi connectivity index (χ4n) is 4.02. The van der Waals surface area contributed by atoms with E-state index in [0.717, 1.165) is 24.0 Å². The quantitative estimate of drug-likeness (QED) is 0.717. The Balaban J connectivity index is 1.38. The van der Waals surface area contributed by atoms with Crippen LogP contribution in [0.1, 0.15) is 37.8 Å². The predicted octanol–water partition coefficient (Wildman–Crippen LogP) is 3.27. The van der Waals surface area contributed by atoms with Gasteiger partial charge >= 0.3 is 0 Å². The molecule has 2 atom stereocenters. The largest absolute Gasteiger partial charge is 0.274 e. The van der Waals surface area contributed by atoms with Crippen molar-refractivity contribution < 1.29 is 19.2 Å². The van der Waals surface area contributed by atoms with Crippen LogP contribution >= 0.6 is 0 Å². The Morgan fingerprint density at radius 1 is 0.633 bits per heavy atom. The van der Waals surface area contributed by atoms with Gasteiger partial charge in [-0.2, -0.15) is 0 Å². The molecule has 154 valence electrons. The second-order valence-corrected chi connectivity index (χ2v) is 8.18. The van der Waals surface area contributed by atoms with Crippen LogP contribution in [0.15, 0.2) is 48.5 Å². The summed E-state index contributed by atoms with van der Waals surface area (Å²) in [4.78, 5) is 50.9. The topological polar surface area (TPSA) is 74.8 Å². The predicted molar refractivity (Wildman–Crippen MR) is 113 cm³/mol. The summed E-state index contributed by atoms with van der Waals surface area (Å²) in [6.45, 7) is 3.55. The van der Waals surface area contributed by atoms with E-state index >= 15 is 0 Å². The van der Waals surface area contributed by atoms with Crippen LogP contribution in [0, 0.1) is 11.8 Å². The summed E-state index contributed by atoms with van der Waals surface area (Å²) in [7, 11) is 0. The summed E-state index contributed by atoms with van der Waals surface area (Å²) in [5, 5.41) is 0. The maximum Gasteiger partial charge on any atom is 0.237 e. The Labute approximate surface area is 175 Å². The lowest BCUT2D eigenvalue weighted by Gasteiger charge is -2.15. The second kappa shape index (κ2) is 7.86. The first kappa shape index (κ1) is 20.0. The van der Waals surface area contributed by atoms with Gasteiger partial charge in [-0.15, -0.1) is 0 Å². The molecule has 2 saturated heterocycles. The van der Waals surface area contributed by atoms with Gasteiger partial charge in [-0.05, 0) is 48.2 Å². The van der Waals surface area contributed by atoms with Crippen LogP contribution in [0.3, 0.4) is 0 Å². The molecule has 0 aromatic heterocycles. The Morgan fingerprint density at radius 2 is 0.967 bits per heavy atom. The average Bonchev–Trinajstić information content (AvgIpc) is 3.14. The molecule has 0 aliphatic carbocycles. The van der Waals surface area contributed by atoms with Gasteiger partial charge in [0.1, 0.15) is 0 Å². The summed E-state index contributed by atoms with van der Waals surface area (Å²) in [6.07, 6.45) is 2.14. The van der Waals surface area contributed by atoms with Crippen molar-refractivity contribution in [1.82, 2.24) is 0 Å². The lowest BCUT2D eigenvalue weighted by Crippen LogP contribution is -2.29. The number of imide groups is 2. The summed E-state index contributed by atoms with van der Waals surface area (Å²) in [5.74, 6) is -1.09. The minimum absolute atomic E-state index is 0.141. The minimum Gasteiger partial charge on any atom is -0.274 e. The number of aryl methyl sites for hydroxylation is 2. The number of rotatable bonds is 5. The fraction of sp³-hybridized carbons (Fsp3) is 0.333. The maximum atomic E-state index is 12.2. The molecule has 6 heteroatoms. The summed E-state index contributed by atoms with van der Waals surface area (Å²) >= 11 is 0. The third-order valence-corrected chi connectivity index (χ3v) is 5.84. The maximum absolute atomic E-state index is 12.2. The van der Waals surface area contributed by atoms with Crippen LogP contribution in [-0.2, 0) is 32.0 Å². The van der Waals surface area contributed by atoms with E-state index in [0.29, 0.717) is 11.4 Å². The smallest absolute Gasteiger partial charge is 0.237 e. The van der Waals surface area contributed by atoms with Gasteiger partial charge < -0.3 is 0 Å². The summed E-state index contributed by atoms with van der Waals surface area (Å²) in [5.41, 5.74) is 3.45. The summed E-state index contributed by atoms with van der Waals surface area (Å²) in [6, 6.07) is 15.0. The first-order chi connectivity index (χ1) is 14.3. The number of amides is 4. The Bertz CT molecular complexity index is 927. The highest BCUT2D eigenvalue weighted by molar-refractivity contribution is 6.21. The van der Waals surface area contributed by atoms with Crippen molar-refractivity contribution in [2.75, 3.05) is 9.80 Å². The lowest BCUT2D eigenvalue weighted by molar-refractivity contribution is -0.123. The average molecular weight is 404 g/mol. The van der Waals surface area contributed by atoms with Crippen molar-refractivity contribution in [2.45, 2.75) is 39.5 Å². The standard InChI is InChI=1S/C24H24N2O4/c1-15-13-21(27)25(23(15)29)19-9-5-17(6-10-19)3-4-18-7-11-20(12-8-18)26-22(28)14-16(2)24(26)30/h5-12,15-16H,3-4,13-14H2,1-2H3. The van der Waals surface area contributed by atoms with Crippen molar-refractivity contribution in [2.24, 2.45) is 11.8 Å². The molecule has 0 saturated carbocycles. The highest BCUT2D eigenvalue weighted by Crippen LogP contribution is 2.28. The van der Waals surface area contributed by atoms with E-state index in [1.165, 1.54) is 9.80 Å². The van der Waals surface area contributed by atoms with Crippen molar-refractivity contribution in [3.63, 3.8) is 0 Å². The SMILES string of the molecule is CC1CC(=O)N(c2ccc(CCc3ccc(N4C(=O)CC(C)C4=O)cc3)cc2)C1=O. The molecule has 2 aromatic carbocycles. The Kier molecular flexibility index (Phi) is 5.24. The molecular weight excluding hydrogens is 380 g/mol. The van der Waals surface area contributed by atoms with E-state index in [9.17, 15) is 19.2 Å². The van der Waals surface area contributed by atoms with Gasteiger partial charge in [0.15, 0.2) is 0 Å². The van der Waals surface area contributed by atoms with Gasteiger partial charge in [0.25, 0.3) is 0 Å². The first-order valence-corrected chi connectivity index (χ1v) is 10.3. The van der Waals surface area contributed by atoms with Gasteiger partial charge in [-0.1, -0.05) is 38.1 Å². The molecule has 2 aliphatic rings.